The zero-order valence-corrected chi connectivity index (χ0v) is 9.46. The molecule has 0 radical (unpaired) electrons. The molecule has 1 aromatic heterocycles. The molecule has 2 aromatic rings. The Labute approximate surface area is 97.3 Å². The number of aromatic amines is 1. The molecule has 0 spiro atoms. The molecule has 0 aliphatic heterocycles. The van der Waals surface area contributed by atoms with Crippen molar-refractivity contribution >= 4 is 17.4 Å². The maximum absolute atomic E-state index is 11.0. The summed E-state index contributed by atoms with van der Waals surface area (Å²) in [4.78, 5) is 13.8. The van der Waals surface area contributed by atoms with Gasteiger partial charge in [-0.25, -0.2) is 0 Å². The summed E-state index contributed by atoms with van der Waals surface area (Å²) >= 11 is 1.18. The highest BCUT2D eigenvalue weighted by Gasteiger charge is 1.99. The molecule has 0 aliphatic rings. The van der Waals surface area contributed by atoms with Gasteiger partial charge in [-0.05, 0) is 11.1 Å². The summed E-state index contributed by atoms with van der Waals surface area (Å²) in [5, 5.41) is 1.83. The van der Waals surface area contributed by atoms with E-state index in [1.54, 1.807) is 0 Å². The second kappa shape index (κ2) is 4.92. The quantitative estimate of drug-likeness (QED) is 0.851. The molecule has 1 heterocycles. The van der Waals surface area contributed by atoms with E-state index < -0.39 is 0 Å². The van der Waals surface area contributed by atoms with Crippen LogP contribution < -0.4 is 10.6 Å². The molecule has 16 heavy (non-hydrogen) atoms. The van der Waals surface area contributed by atoms with Crippen molar-refractivity contribution in [3.05, 3.63) is 51.0 Å². The van der Waals surface area contributed by atoms with E-state index in [-0.39, 0.29) is 4.87 Å². The number of thiazole rings is 1. The van der Waals surface area contributed by atoms with Crippen LogP contribution in [-0.4, -0.2) is 11.5 Å². The lowest BCUT2D eigenvalue weighted by atomic mass is 10.1. The standard InChI is InChI=1S/C12H12N2OS/c13-7-1-2-9-3-5-10(6-4-9)11-8-16-12(15)14-11/h1-6,8H,7,13H2,(H,14,15). The van der Waals surface area contributed by atoms with Crippen LogP contribution in [0.15, 0.2) is 40.5 Å². The Morgan fingerprint density at radius 2 is 2.06 bits per heavy atom. The number of hydrogen-bond acceptors (Lipinski definition) is 3. The third-order valence-corrected chi connectivity index (χ3v) is 2.86. The molecule has 0 saturated carbocycles. The lowest BCUT2D eigenvalue weighted by molar-refractivity contribution is 1.26. The molecule has 0 aliphatic carbocycles. The van der Waals surface area contributed by atoms with E-state index >= 15 is 0 Å². The average molecular weight is 232 g/mol. The van der Waals surface area contributed by atoms with Crippen LogP contribution in [0, 0.1) is 0 Å². The van der Waals surface area contributed by atoms with Gasteiger partial charge in [-0.3, -0.25) is 4.79 Å². The van der Waals surface area contributed by atoms with Gasteiger partial charge < -0.3 is 10.7 Å². The monoisotopic (exact) mass is 232 g/mol. The van der Waals surface area contributed by atoms with Gasteiger partial charge >= 0.3 is 4.87 Å². The predicted octanol–water partition coefficient (Wildman–Crippen LogP) is 2.08. The highest BCUT2D eigenvalue weighted by molar-refractivity contribution is 7.07. The summed E-state index contributed by atoms with van der Waals surface area (Å²) in [5.41, 5.74) is 8.36. The second-order valence-electron chi connectivity index (χ2n) is 3.32. The third-order valence-electron chi connectivity index (χ3n) is 2.19. The van der Waals surface area contributed by atoms with Gasteiger partial charge in [0, 0.05) is 11.9 Å². The van der Waals surface area contributed by atoms with Crippen molar-refractivity contribution in [2.75, 3.05) is 6.54 Å². The van der Waals surface area contributed by atoms with E-state index in [0.29, 0.717) is 6.54 Å². The number of aromatic nitrogens is 1. The molecule has 4 heteroatoms. The first kappa shape index (κ1) is 10.9. The van der Waals surface area contributed by atoms with Gasteiger partial charge in [0.2, 0.25) is 0 Å². The minimum atomic E-state index is -0.0258. The zero-order chi connectivity index (χ0) is 11.4. The van der Waals surface area contributed by atoms with Crippen molar-refractivity contribution in [2.24, 2.45) is 5.73 Å². The van der Waals surface area contributed by atoms with Crippen LogP contribution in [0.5, 0.6) is 0 Å². The second-order valence-corrected chi connectivity index (χ2v) is 4.16. The Balaban J connectivity index is 2.25. The number of hydrogen-bond donors (Lipinski definition) is 2. The summed E-state index contributed by atoms with van der Waals surface area (Å²) in [5.74, 6) is 0. The summed E-state index contributed by atoms with van der Waals surface area (Å²) in [6.45, 7) is 0.541. The molecular weight excluding hydrogens is 220 g/mol. The zero-order valence-electron chi connectivity index (χ0n) is 8.64. The van der Waals surface area contributed by atoms with Gasteiger partial charge in [0.15, 0.2) is 0 Å². The van der Waals surface area contributed by atoms with Gasteiger partial charge in [-0.15, -0.1) is 0 Å². The summed E-state index contributed by atoms with van der Waals surface area (Å²) < 4.78 is 0. The van der Waals surface area contributed by atoms with Gasteiger partial charge in [0.25, 0.3) is 0 Å². The number of nitrogens with one attached hydrogen (secondary N) is 1. The van der Waals surface area contributed by atoms with Crippen LogP contribution >= 0.6 is 11.3 Å². The van der Waals surface area contributed by atoms with Crippen molar-refractivity contribution in [1.82, 2.24) is 4.98 Å². The molecule has 0 fully saturated rings. The van der Waals surface area contributed by atoms with E-state index in [1.807, 2.05) is 41.8 Å². The molecular formula is C12H12N2OS. The van der Waals surface area contributed by atoms with E-state index in [1.165, 1.54) is 11.3 Å². The number of benzene rings is 1. The molecule has 1 aromatic carbocycles. The Kier molecular flexibility index (Phi) is 3.34. The van der Waals surface area contributed by atoms with Crippen LogP contribution in [0.3, 0.4) is 0 Å². The maximum Gasteiger partial charge on any atom is 0.304 e. The molecule has 0 atom stereocenters. The van der Waals surface area contributed by atoms with Gasteiger partial charge in [-0.1, -0.05) is 47.8 Å². The van der Waals surface area contributed by atoms with E-state index in [2.05, 4.69) is 4.98 Å². The maximum atomic E-state index is 11.0. The summed E-state index contributed by atoms with van der Waals surface area (Å²) in [6, 6.07) is 7.96. The first-order chi connectivity index (χ1) is 7.79. The lowest BCUT2D eigenvalue weighted by Gasteiger charge is -1.98. The Hall–Kier alpha value is -1.65. The molecule has 0 unspecified atom stereocenters. The highest BCUT2D eigenvalue weighted by Crippen LogP contribution is 2.18. The Morgan fingerprint density at radius 3 is 2.62 bits per heavy atom. The molecule has 3 N–H and O–H groups in total. The van der Waals surface area contributed by atoms with Crippen molar-refractivity contribution in [2.45, 2.75) is 0 Å². The summed E-state index contributed by atoms with van der Waals surface area (Å²) in [7, 11) is 0. The largest absolute Gasteiger partial charge is 0.327 e. The normalized spacial score (nSPS) is 11.1. The number of H-pyrrole nitrogens is 1. The van der Waals surface area contributed by atoms with Crippen LogP contribution in [0.1, 0.15) is 5.56 Å². The van der Waals surface area contributed by atoms with Gasteiger partial charge in [0.1, 0.15) is 0 Å². The Morgan fingerprint density at radius 1 is 1.31 bits per heavy atom. The van der Waals surface area contributed by atoms with Crippen molar-refractivity contribution in [3.63, 3.8) is 0 Å². The molecule has 3 nitrogen and oxygen atoms in total. The smallest absolute Gasteiger partial charge is 0.304 e. The fraction of sp³-hybridized carbons (Fsp3) is 0.0833. The first-order valence-electron chi connectivity index (χ1n) is 4.94. The van der Waals surface area contributed by atoms with E-state index in [4.69, 9.17) is 5.73 Å². The van der Waals surface area contributed by atoms with Crippen LogP contribution in [0.25, 0.3) is 17.3 Å². The minimum absolute atomic E-state index is 0.0258. The van der Waals surface area contributed by atoms with Gasteiger partial charge in [-0.2, -0.15) is 0 Å². The van der Waals surface area contributed by atoms with Crippen LogP contribution in [0.4, 0.5) is 0 Å². The number of rotatable bonds is 3. The minimum Gasteiger partial charge on any atom is -0.327 e. The molecule has 0 bridgehead atoms. The van der Waals surface area contributed by atoms with Crippen molar-refractivity contribution in [3.8, 4) is 11.3 Å². The van der Waals surface area contributed by atoms with Crippen LogP contribution in [-0.2, 0) is 0 Å². The first-order valence-corrected chi connectivity index (χ1v) is 5.82. The Bertz CT molecular complexity index is 537. The molecule has 82 valence electrons. The molecule has 2 rings (SSSR count). The third kappa shape index (κ3) is 2.48. The average Bonchev–Trinajstić information content (AvgIpc) is 2.74. The summed E-state index contributed by atoms with van der Waals surface area (Å²) in [6.07, 6.45) is 3.88. The van der Waals surface area contributed by atoms with Crippen molar-refractivity contribution in [1.29, 1.82) is 0 Å². The van der Waals surface area contributed by atoms with E-state index in [0.717, 1.165) is 16.8 Å². The highest BCUT2D eigenvalue weighted by atomic mass is 32.1. The fourth-order valence-corrected chi connectivity index (χ4v) is 1.99. The molecule has 0 amide bonds. The topological polar surface area (TPSA) is 58.9 Å². The SMILES string of the molecule is NCC=Cc1ccc(-c2csc(=O)[nH]2)cc1. The number of nitrogens with two attached hydrogens (primary N) is 1. The van der Waals surface area contributed by atoms with E-state index in [9.17, 15) is 4.79 Å². The lowest BCUT2D eigenvalue weighted by Crippen LogP contribution is -1.92. The van der Waals surface area contributed by atoms with Crippen molar-refractivity contribution < 1.29 is 0 Å². The van der Waals surface area contributed by atoms with Crippen LogP contribution in [0.2, 0.25) is 0 Å². The molecule has 0 saturated heterocycles. The van der Waals surface area contributed by atoms with Gasteiger partial charge in [0.05, 0.1) is 5.69 Å². The predicted molar refractivity (Wildman–Crippen MR) is 68.5 cm³/mol. The fourth-order valence-electron chi connectivity index (χ4n) is 1.40.